The van der Waals surface area contributed by atoms with Gasteiger partial charge in [-0.2, -0.15) is 0 Å². The van der Waals surface area contributed by atoms with Crippen molar-refractivity contribution >= 4 is 21.6 Å². The molecule has 0 unspecified atom stereocenters. The van der Waals surface area contributed by atoms with Gasteiger partial charge in [-0.25, -0.2) is 4.98 Å². The fraction of sp³-hybridized carbons (Fsp3) is 0.118. The molecular formula is C17H15BrN2O. The van der Waals surface area contributed by atoms with Gasteiger partial charge in [-0.3, -0.25) is 0 Å². The predicted molar refractivity (Wildman–Crippen MR) is 88.1 cm³/mol. The van der Waals surface area contributed by atoms with E-state index in [2.05, 4.69) is 57.4 Å². The minimum atomic E-state index is 0.765. The quantitative estimate of drug-likeness (QED) is 0.722. The SMILES string of the molecule is Cc1ccc(CNc2cccc(-c3cnco3)c2)c(Br)c1. The van der Waals surface area contributed by atoms with E-state index in [4.69, 9.17) is 4.42 Å². The van der Waals surface area contributed by atoms with Crippen LogP contribution in [0.25, 0.3) is 11.3 Å². The van der Waals surface area contributed by atoms with Gasteiger partial charge in [0.2, 0.25) is 0 Å². The Morgan fingerprint density at radius 3 is 2.86 bits per heavy atom. The van der Waals surface area contributed by atoms with Crippen LogP contribution in [0, 0.1) is 6.92 Å². The van der Waals surface area contributed by atoms with Gasteiger partial charge in [-0.15, -0.1) is 0 Å². The molecule has 0 bridgehead atoms. The van der Waals surface area contributed by atoms with Crippen molar-refractivity contribution in [3.63, 3.8) is 0 Å². The molecule has 106 valence electrons. The standard InChI is InChI=1S/C17H15BrN2O/c1-12-5-6-14(16(18)7-12)9-20-15-4-2-3-13(8-15)17-10-19-11-21-17/h2-8,10-11,20H,9H2,1H3. The summed E-state index contributed by atoms with van der Waals surface area (Å²) >= 11 is 3.60. The number of rotatable bonds is 4. The number of halogens is 1. The molecule has 2 aromatic carbocycles. The van der Waals surface area contributed by atoms with Gasteiger partial charge < -0.3 is 9.73 Å². The maximum atomic E-state index is 5.32. The highest BCUT2D eigenvalue weighted by atomic mass is 79.9. The van der Waals surface area contributed by atoms with Crippen LogP contribution in [0.4, 0.5) is 5.69 Å². The molecular weight excluding hydrogens is 328 g/mol. The molecule has 3 nitrogen and oxygen atoms in total. The average molecular weight is 343 g/mol. The topological polar surface area (TPSA) is 38.1 Å². The van der Waals surface area contributed by atoms with Crippen molar-refractivity contribution < 1.29 is 4.42 Å². The van der Waals surface area contributed by atoms with Gasteiger partial charge in [0.15, 0.2) is 12.2 Å². The van der Waals surface area contributed by atoms with Crippen molar-refractivity contribution in [1.29, 1.82) is 0 Å². The highest BCUT2D eigenvalue weighted by Crippen LogP contribution is 2.24. The van der Waals surface area contributed by atoms with Gasteiger partial charge >= 0.3 is 0 Å². The number of oxazole rings is 1. The van der Waals surface area contributed by atoms with Crippen molar-refractivity contribution in [2.45, 2.75) is 13.5 Å². The maximum absolute atomic E-state index is 5.32. The Labute approximate surface area is 132 Å². The van der Waals surface area contributed by atoms with Crippen LogP contribution in [0.5, 0.6) is 0 Å². The first-order valence-electron chi connectivity index (χ1n) is 6.70. The molecule has 0 aliphatic rings. The summed E-state index contributed by atoms with van der Waals surface area (Å²) in [5.41, 5.74) is 4.54. The lowest BCUT2D eigenvalue weighted by Crippen LogP contribution is -2.00. The third kappa shape index (κ3) is 3.34. The van der Waals surface area contributed by atoms with Crippen molar-refractivity contribution in [2.24, 2.45) is 0 Å². The molecule has 0 aliphatic carbocycles. The molecule has 0 saturated heterocycles. The van der Waals surface area contributed by atoms with E-state index >= 15 is 0 Å². The minimum Gasteiger partial charge on any atom is -0.444 e. The first-order valence-corrected chi connectivity index (χ1v) is 7.49. The number of hydrogen-bond donors (Lipinski definition) is 1. The second-order valence-corrected chi connectivity index (χ2v) is 5.75. The summed E-state index contributed by atoms with van der Waals surface area (Å²) < 4.78 is 6.45. The van der Waals surface area contributed by atoms with Crippen LogP contribution in [0.1, 0.15) is 11.1 Å². The molecule has 0 aliphatic heterocycles. The third-order valence-corrected chi connectivity index (χ3v) is 4.01. The van der Waals surface area contributed by atoms with Crippen molar-refractivity contribution in [3.8, 4) is 11.3 Å². The van der Waals surface area contributed by atoms with Crippen LogP contribution in [-0.2, 0) is 6.54 Å². The second-order valence-electron chi connectivity index (χ2n) is 4.89. The van der Waals surface area contributed by atoms with E-state index in [0.717, 1.165) is 28.0 Å². The fourth-order valence-corrected chi connectivity index (χ4v) is 2.77. The Morgan fingerprint density at radius 2 is 2.10 bits per heavy atom. The first-order chi connectivity index (χ1) is 10.2. The van der Waals surface area contributed by atoms with E-state index in [9.17, 15) is 0 Å². The van der Waals surface area contributed by atoms with Crippen LogP contribution in [0.15, 0.2) is 63.9 Å². The van der Waals surface area contributed by atoms with Crippen molar-refractivity contribution in [1.82, 2.24) is 4.98 Å². The maximum Gasteiger partial charge on any atom is 0.181 e. The number of aryl methyl sites for hydroxylation is 1. The van der Waals surface area contributed by atoms with Gasteiger partial charge in [0.1, 0.15) is 0 Å². The molecule has 3 aromatic rings. The summed E-state index contributed by atoms with van der Waals surface area (Å²) in [5, 5.41) is 3.43. The van der Waals surface area contributed by atoms with Crippen LogP contribution >= 0.6 is 15.9 Å². The van der Waals surface area contributed by atoms with Crippen LogP contribution in [0.3, 0.4) is 0 Å². The molecule has 0 atom stereocenters. The van der Waals surface area contributed by atoms with Gasteiger partial charge in [0.05, 0.1) is 6.20 Å². The first kappa shape index (κ1) is 13.9. The molecule has 1 aromatic heterocycles. The van der Waals surface area contributed by atoms with Crippen LogP contribution < -0.4 is 5.32 Å². The van der Waals surface area contributed by atoms with E-state index in [1.54, 1.807) is 6.20 Å². The number of nitrogens with one attached hydrogen (secondary N) is 1. The smallest absolute Gasteiger partial charge is 0.181 e. The Kier molecular flexibility index (Phi) is 4.06. The minimum absolute atomic E-state index is 0.765. The largest absolute Gasteiger partial charge is 0.444 e. The molecule has 0 spiro atoms. The molecule has 0 saturated carbocycles. The molecule has 1 N–H and O–H groups in total. The molecule has 0 amide bonds. The number of hydrogen-bond acceptors (Lipinski definition) is 3. The lowest BCUT2D eigenvalue weighted by atomic mass is 10.1. The molecule has 3 rings (SSSR count). The van der Waals surface area contributed by atoms with Gasteiger partial charge in [0, 0.05) is 22.3 Å². The molecule has 21 heavy (non-hydrogen) atoms. The Balaban J connectivity index is 1.75. The number of nitrogens with zero attached hydrogens (tertiary/aromatic N) is 1. The normalized spacial score (nSPS) is 10.6. The second kappa shape index (κ2) is 6.14. The summed E-state index contributed by atoms with van der Waals surface area (Å²) in [7, 11) is 0. The van der Waals surface area contributed by atoms with Crippen LogP contribution in [-0.4, -0.2) is 4.98 Å². The Bertz CT molecular complexity index is 738. The molecule has 1 heterocycles. The van der Waals surface area contributed by atoms with E-state index < -0.39 is 0 Å². The summed E-state index contributed by atoms with van der Waals surface area (Å²) in [6, 6.07) is 14.5. The van der Waals surface area contributed by atoms with E-state index in [0.29, 0.717) is 0 Å². The molecule has 0 fully saturated rings. The van der Waals surface area contributed by atoms with E-state index in [-0.39, 0.29) is 0 Å². The highest BCUT2D eigenvalue weighted by Gasteiger charge is 2.04. The number of aromatic nitrogens is 1. The zero-order valence-electron chi connectivity index (χ0n) is 11.6. The van der Waals surface area contributed by atoms with Gasteiger partial charge in [-0.05, 0) is 36.2 Å². The fourth-order valence-electron chi connectivity index (χ4n) is 2.13. The van der Waals surface area contributed by atoms with Crippen molar-refractivity contribution in [3.05, 3.63) is 70.7 Å². The average Bonchev–Trinajstić information content (AvgIpc) is 3.01. The highest BCUT2D eigenvalue weighted by molar-refractivity contribution is 9.10. The summed E-state index contributed by atoms with van der Waals surface area (Å²) in [6.07, 6.45) is 3.16. The lowest BCUT2D eigenvalue weighted by molar-refractivity contribution is 0.572. The summed E-state index contributed by atoms with van der Waals surface area (Å²) in [5.74, 6) is 0.773. The lowest BCUT2D eigenvalue weighted by Gasteiger charge is -2.10. The monoisotopic (exact) mass is 342 g/mol. The third-order valence-electron chi connectivity index (χ3n) is 3.27. The van der Waals surface area contributed by atoms with E-state index in [1.807, 2.05) is 18.2 Å². The molecule has 4 heteroatoms. The molecule has 0 radical (unpaired) electrons. The number of benzene rings is 2. The summed E-state index contributed by atoms with van der Waals surface area (Å²) in [4.78, 5) is 3.95. The number of anilines is 1. The van der Waals surface area contributed by atoms with Gasteiger partial charge in [0.25, 0.3) is 0 Å². The Morgan fingerprint density at radius 1 is 1.19 bits per heavy atom. The van der Waals surface area contributed by atoms with Crippen LogP contribution in [0.2, 0.25) is 0 Å². The summed E-state index contributed by atoms with van der Waals surface area (Å²) in [6.45, 7) is 2.85. The van der Waals surface area contributed by atoms with Gasteiger partial charge in [-0.1, -0.05) is 40.2 Å². The van der Waals surface area contributed by atoms with E-state index in [1.165, 1.54) is 17.5 Å². The zero-order chi connectivity index (χ0) is 14.7. The zero-order valence-corrected chi connectivity index (χ0v) is 13.2. The Hall–Kier alpha value is -2.07. The van der Waals surface area contributed by atoms with Crippen molar-refractivity contribution in [2.75, 3.05) is 5.32 Å². The predicted octanol–water partition coefficient (Wildman–Crippen LogP) is 5.02.